The molecule has 68 valence electrons. The summed E-state index contributed by atoms with van der Waals surface area (Å²) in [6.07, 6.45) is 0. The molecule has 0 fully saturated rings. The summed E-state index contributed by atoms with van der Waals surface area (Å²) < 4.78 is 0. The first kappa shape index (κ1) is 10.4. The zero-order valence-corrected chi connectivity index (χ0v) is 8.48. The monoisotopic (exact) mass is 212 g/mol. The molecular formula is C9H9ClN2S. The summed E-state index contributed by atoms with van der Waals surface area (Å²) in [6, 6.07) is 9.06. The van der Waals surface area contributed by atoms with Crippen LogP contribution in [0.3, 0.4) is 0 Å². The largest absolute Gasteiger partial charge is 0.315 e. The first-order chi connectivity index (χ1) is 6.22. The average molecular weight is 213 g/mol. The van der Waals surface area contributed by atoms with Gasteiger partial charge in [0.15, 0.2) is 0 Å². The molecule has 0 heterocycles. The van der Waals surface area contributed by atoms with Crippen LogP contribution in [0.15, 0.2) is 29.2 Å². The average Bonchev–Trinajstić information content (AvgIpc) is 2.14. The number of thioether (sulfide) groups is 1. The van der Waals surface area contributed by atoms with Crippen molar-refractivity contribution in [3.8, 4) is 6.07 Å². The SMILES string of the molecule is N#CC(N)CSc1cccc(Cl)c1. The zero-order chi connectivity index (χ0) is 9.68. The van der Waals surface area contributed by atoms with Gasteiger partial charge in [-0.3, -0.25) is 0 Å². The summed E-state index contributed by atoms with van der Waals surface area (Å²) in [5, 5.41) is 9.16. The second kappa shape index (κ2) is 5.13. The van der Waals surface area contributed by atoms with E-state index in [1.54, 1.807) is 0 Å². The number of nitriles is 1. The highest BCUT2D eigenvalue weighted by Crippen LogP contribution is 2.21. The summed E-state index contributed by atoms with van der Waals surface area (Å²) >= 11 is 7.32. The topological polar surface area (TPSA) is 49.8 Å². The van der Waals surface area contributed by atoms with Crippen molar-refractivity contribution in [2.45, 2.75) is 10.9 Å². The van der Waals surface area contributed by atoms with E-state index in [1.807, 2.05) is 30.3 Å². The molecule has 0 radical (unpaired) electrons. The second-order valence-corrected chi connectivity index (χ2v) is 4.03. The van der Waals surface area contributed by atoms with E-state index >= 15 is 0 Å². The smallest absolute Gasteiger partial charge is 0.102 e. The van der Waals surface area contributed by atoms with Crippen molar-refractivity contribution >= 4 is 23.4 Å². The maximum Gasteiger partial charge on any atom is 0.102 e. The number of benzene rings is 1. The Hall–Kier alpha value is -0.690. The number of nitrogens with two attached hydrogens (primary N) is 1. The van der Waals surface area contributed by atoms with E-state index in [0.29, 0.717) is 10.8 Å². The molecule has 1 atom stereocenters. The maximum atomic E-state index is 8.45. The van der Waals surface area contributed by atoms with Crippen molar-refractivity contribution in [3.05, 3.63) is 29.3 Å². The number of hydrogen-bond donors (Lipinski definition) is 1. The van der Waals surface area contributed by atoms with E-state index in [0.717, 1.165) is 4.90 Å². The van der Waals surface area contributed by atoms with Gasteiger partial charge in [-0.05, 0) is 18.2 Å². The van der Waals surface area contributed by atoms with Gasteiger partial charge in [-0.2, -0.15) is 5.26 Å². The minimum absolute atomic E-state index is 0.413. The van der Waals surface area contributed by atoms with Gasteiger partial charge in [-0.25, -0.2) is 0 Å². The van der Waals surface area contributed by atoms with Crippen molar-refractivity contribution < 1.29 is 0 Å². The number of rotatable bonds is 3. The Labute approximate surface area is 86.7 Å². The van der Waals surface area contributed by atoms with Gasteiger partial charge in [0, 0.05) is 15.7 Å². The van der Waals surface area contributed by atoms with Crippen LogP contribution in [-0.4, -0.2) is 11.8 Å². The lowest BCUT2D eigenvalue weighted by Gasteiger charge is -2.02. The van der Waals surface area contributed by atoms with E-state index in [1.165, 1.54) is 11.8 Å². The predicted molar refractivity (Wildman–Crippen MR) is 55.8 cm³/mol. The molecule has 0 aliphatic carbocycles. The van der Waals surface area contributed by atoms with Crippen molar-refractivity contribution in [3.63, 3.8) is 0 Å². The second-order valence-electron chi connectivity index (χ2n) is 2.50. The standard InChI is InChI=1S/C9H9ClN2S/c10-7-2-1-3-9(4-7)13-6-8(12)5-11/h1-4,8H,6,12H2. The number of halogens is 1. The molecule has 4 heteroatoms. The Bertz CT molecular complexity index is 322. The van der Waals surface area contributed by atoms with Gasteiger partial charge in [0.25, 0.3) is 0 Å². The molecule has 2 N–H and O–H groups in total. The summed E-state index contributed by atoms with van der Waals surface area (Å²) in [6.45, 7) is 0. The van der Waals surface area contributed by atoms with Gasteiger partial charge in [-0.15, -0.1) is 11.8 Å². The summed E-state index contributed by atoms with van der Waals surface area (Å²) in [7, 11) is 0. The fourth-order valence-corrected chi connectivity index (χ4v) is 1.87. The third-order valence-corrected chi connectivity index (χ3v) is 2.74. The fourth-order valence-electron chi connectivity index (χ4n) is 0.780. The third-order valence-electron chi connectivity index (χ3n) is 1.39. The lowest BCUT2D eigenvalue weighted by Crippen LogP contribution is -2.19. The minimum Gasteiger partial charge on any atom is -0.315 e. The van der Waals surface area contributed by atoms with Crippen LogP contribution in [0.5, 0.6) is 0 Å². The Balaban J connectivity index is 2.51. The van der Waals surface area contributed by atoms with Crippen LogP contribution < -0.4 is 5.73 Å². The van der Waals surface area contributed by atoms with E-state index in [4.69, 9.17) is 22.6 Å². The predicted octanol–water partition coefficient (Wildman–Crippen LogP) is 2.28. The molecule has 2 nitrogen and oxygen atoms in total. The highest BCUT2D eigenvalue weighted by Gasteiger charge is 2.01. The Morgan fingerprint density at radius 2 is 2.38 bits per heavy atom. The quantitative estimate of drug-likeness (QED) is 0.783. The fraction of sp³-hybridized carbons (Fsp3) is 0.222. The Morgan fingerprint density at radius 3 is 3.00 bits per heavy atom. The third kappa shape index (κ3) is 3.69. The molecule has 0 amide bonds. The maximum absolute atomic E-state index is 8.45. The first-order valence-corrected chi connectivity index (χ1v) is 5.12. The van der Waals surface area contributed by atoms with Crippen molar-refractivity contribution in [1.29, 1.82) is 5.26 Å². The Morgan fingerprint density at radius 1 is 1.62 bits per heavy atom. The van der Waals surface area contributed by atoms with Crippen molar-refractivity contribution in [1.82, 2.24) is 0 Å². The van der Waals surface area contributed by atoms with Crippen LogP contribution in [0.1, 0.15) is 0 Å². The zero-order valence-electron chi connectivity index (χ0n) is 6.90. The summed E-state index contributed by atoms with van der Waals surface area (Å²) in [4.78, 5) is 1.04. The first-order valence-electron chi connectivity index (χ1n) is 3.76. The molecule has 0 aliphatic heterocycles. The van der Waals surface area contributed by atoms with Crippen LogP contribution >= 0.6 is 23.4 Å². The van der Waals surface area contributed by atoms with E-state index in [-0.39, 0.29) is 0 Å². The molecule has 1 aromatic rings. The highest BCUT2D eigenvalue weighted by molar-refractivity contribution is 7.99. The molecule has 0 saturated heterocycles. The number of nitrogens with zero attached hydrogens (tertiary/aromatic N) is 1. The van der Waals surface area contributed by atoms with E-state index in [2.05, 4.69) is 0 Å². The van der Waals surface area contributed by atoms with Gasteiger partial charge in [0.2, 0.25) is 0 Å². The lowest BCUT2D eigenvalue weighted by atomic mass is 10.4. The van der Waals surface area contributed by atoms with Crippen molar-refractivity contribution in [2.24, 2.45) is 5.73 Å². The van der Waals surface area contributed by atoms with Crippen LogP contribution in [0.2, 0.25) is 5.02 Å². The molecular weight excluding hydrogens is 204 g/mol. The van der Waals surface area contributed by atoms with Crippen molar-refractivity contribution in [2.75, 3.05) is 5.75 Å². The Kier molecular flexibility index (Phi) is 4.10. The minimum atomic E-state index is -0.413. The molecule has 0 saturated carbocycles. The van der Waals surface area contributed by atoms with E-state index < -0.39 is 6.04 Å². The molecule has 13 heavy (non-hydrogen) atoms. The summed E-state index contributed by atoms with van der Waals surface area (Å²) in [5.74, 6) is 0.594. The normalized spacial score (nSPS) is 12.1. The van der Waals surface area contributed by atoms with Gasteiger partial charge in [-0.1, -0.05) is 17.7 Å². The van der Waals surface area contributed by atoms with Gasteiger partial charge in [0.1, 0.15) is 6.04 Å². The number of hydrogen-bond acceptors (Lipinski definition) is 3. The van der Waals surface area contributed by atoms with Crippen LogP contribution in [0.25, 0.3) is 0 Å². The summed E-state index contributed by atoms with van der Waals surface area (Å²) in [5.41, 5.74) is 5.44. The van der Waals surface area contributed by atoms with Gasteiger partial charge < -0.3 is 5.73 Å². The van der Waals surface area contributed by atoms with Crippen LogP contribution in [-0.2, 0) is 0 Å². The molecule has 1 rings (SSSR count). The van der Waals surface area contributed by atoms with Crippen LogP contribution in [0.4, 0.5) is 0 Å². The van der Waals surface area contributed by atoms with Gasteiger partial charge in [0.05, 0.1) is 6.07 Å². The molecule has 0 bridgehead atoms. The van der Waals surface area contributed by atoms with Gasteiger partial charge >= 0.3 is 0 Å². The molecule has 0 aromatic heterocycles. The van der Waals surface area contributed by atoms with E-state index in [9.17, 15) is 0 Å². The molecule has 0 aliphatic rings. The molecule has 1 aromatic carbocycles. The van der Waals surface area contributed by atoms with Crippen LogP contribution in [0, 0.1) is 11.3 Å². The molecule has 0 spiro atoms. The molecule has 1 unspecified atom stereocenters. The highest BCUT2D eigenvalue weighted by atomic mass is 35.5. The lowest BCUT2D eigenvalue weighted by molar-refractivity contribution is 0.953.